The molecule has 0 unspecified atom stereocenters. The van der Waals surface area contributed by atoms with Crippen LogP contribution < -0.4 is 10.9 Å². The molecular formula is C20H19N3O5S. The Morgan fingerprint density at radius 3 is 2.79 bits per heavy atom. The van der Waals surface area contributed by atoms with E-state index in [2.05, 4.69) is 10.3 Å². The van der Waals surface area contributed by atoms with Gasteiger partial charge >= 0.3 is 5.63 Å². The molecule has 2 amide bonds. The van der Waals surface area contributed by atoms with Crippen molar-refractivity contribution in [2.24, 2.45) is 0 Å². The predicted molar refractivity (Wildman–Crippen MR) is 109 cm³/mol. The maximum Gasteiger partial charge on any atom is 0.345 e. The maximum absolute atomic E-state index is 12.3. The molecule has 0 spiro atoms. The van der Waals surface area contributed by atoms with Crippen LogP contribution in [0.25, 0.3) is 22.2 Å². The predicted octanol–water partition coefficient (Wildman–Crippen LogP) is 2.49. The number of hydrogen-bond acceptors (Lipinski definition) is 7. The monoisotopic (exact) mass is 413 g/mol. The number of carbonyl (C=O) groups is 2. The lowest BCUT2D eigenvalue weighted by Gasteiger charge is -2.26. The van der Waals surface area contributed by atoms with Gasteiger partial charge in [0.15, 0.2) is 5.13 Å². The number of nitrogens with one attached hydrogen (secondary N) is 1. The number of carbonyl (C=O) groups excluding carboxylic acids is 2. The van der Waals surface area contributed by atoms with E-state index in [4.69, 9.17) is 9.15 Å². The Kier molecular flexibility index (Phi) is 5.68. The van der Waals surface area contributed by atoms with E-state index in [0.717, 1.165) is 5.39 Å². The second-order valence-corrected chi connectivity index (χ2v) is 7.42. The van der Waals surface area contributed by atoms with Gasteiger partial charge in [-0.1, -0.05) is 18.2 Å². The average Bonchev–Trinajstić information content (AvgIpc) is 3.20. The summed E-state index contributed by atoms with van der Waals surface area (Å²) in [5.41, 5.74) is 0.801. The first-order valence-corrected chi connectivity index (χ1v) is 10.1. The molecule has 3 aromatic rings. The van der Waals surface area contributed by atoms with Crippen molar-refractivity contribution in [2.45, 2.75) is 12.8 Å². The van der Waals surface area contributed by atoms with E-state index in [1.54, 1.807) is 28.5 Å². The molecule has 3 heterocycles. The van der Waals surface area contributed by atoms with Crippen molar-refractivity contribution < 1.29 is 18.7 Å². The molecule has 0 saturated carbocycles. The third-order valence-electron chi connectivity index (χ3n) is 4.60. The van der Waals surface area contributed by atoms with Gasteiger partial charge in [-0.2, -0.15) is 0 Å². The van der Waals surface area contributed by atoms with E-state index in [1.165, 1.54) is 11.3 Å². The summed E-state index contributed by atoms with van der Waals surface area (Å²) in [5, 5.41) is 5.54. The summed E-state index contributed by atoms with van der Waals surface area (Å²) >= 11 is 1.21. The van der Waals surface area contributed by atoms with Crippen LogP contribution in [0.3, 0.4) is 0 Å². The molecule has 4 rings (SSSR count). The number of aromatic nitrogens is 1. The summed E-state index contributed by atoms with van der Waals surface area (Å²) in [5.74, 6) is -0.352. The molecule has 9 heteroatoms. The highest BCUT2D eigenvalue weighted by molar-refractivity contribution is 7.14. The second-order valence-electron chi connectivity index (χ2n) is 6.56. The minimum Gasteiger partial charge on any atom is -0.422 e. The molecule has 0 atom stereocenters. The molecule has 0 aliphatic carbocycles. The lowest BCUT2D eigenvalue weighted by molar-refractivity contribution is -0.136. The van der Waals surface area contributed by atoms with E-state index < -0.39 is 5.63 Å². The van der Waals surface area contributed by atoms with Crippen LogP contribution in [0.5, 0.6) is 0 Å². The number of thiazole rings is 1. The van der Waals surface area contributed by atoms with Crippen LogP contribution >= 0.6 is 11.3 Å². The summed E-state index contributed by atoms with van der Waals surface area (Å²) < 4.78 is 10.5. The molecule has 8 nitrogen and oxygen atoms in total. The van der Waals surface area contributed by atoms with E-state index in [-0.39, 0.29) is 24.7 Å². The fourth-order valence-corrected chi connectivity index (χ4v) is 3.80. The smallest absolute Gasteiger partial charge is 0.345 e. The first kappa shape index (κ1) is 19.3. The average molecular weight is 413 g/mol. The van der Waals surface area contributed by atoms with Crippen molar-refractivity contribution in [3.8, 4) is 11.3 Å². The Morgan fingerprint density at radius 1 is 1.17 bits per heavy atom. The maximum atomic E-state index is 12.3. The summed E-state index contributed by atoms with van der Waals surface area (Å²) in [4.78, 5) is 42.6. The van der Waals surface area contributed by atoms with Gasteiger partial charge in [-0.05, 0) is 12.1 Å². The number of amides is 2. The van der Waals surface area contributed by atoms with E-state index in [9.17, 15) is 14.4 Å². The first-order valence-electron chi connectivity index (χ1n) is 9.24. The molecule has 1 saturated heterocycles. The Morgan fingerprint density at radius 2 is 1.97 bits per heavy atom. The number of benzene rings is 1. The van der Waals surface area contributed by atoms with Gasteiger partial charge in [0, 0.05) is 36.7 Å². The molecule has 1 aliphatic heterocycles. The van der Waals surface area contributed by atoms with Crippen molar-refractivity contribution in [3.63, 3.8) is 0 Å². The quantitative estimate of drug-likeness (QED) is 0.645. The van der Waals surface area contributed by atoms with E-state index in [1.807, 2.05) is 12.1 Å². The second kappa shape index (κ2) is 8.54. The summed E-state index contributed by atoms with van der Waals surface area (Å²) in [6.45, 7) is 2.18. The van der Waals surface area contributed by atoms with Gasteiger partial charge in [0.1, 0.15) is 5.58 Å². The van der Waals surface area contributed by atoms with E-state index in [0.29, 0.717) is 48.3 Å². The first-order chi connectivity index (χ1) is 14.1. The third kappa shape index (κ3) is 4.52. The van der Waals surface area contributed by atoms with Crippen molar-refractivity contribution in [3.05, 3.63) is 46.1 Å². The highest BCUT2D eigenvalue weighted by atomic mass is 32.1. The zero-order valence-electron chi connectivity index (χ0n) is 15.6. The van der Waals surface area contributed by atoms with Crippen LogP contribution in [0.1, 0.15) is 12.8 Å². The number of nitrogens with zero attached hydrogens (tertiary/aromatic N) is 2. The molecule has 1 N–H and O–H groups in total. The summed E-state index contributed by atoms with van der Waals surface area (Å²) in [7, 11) is 0. The van der Waals surface area contributed by atoms with Crippen LogP contribution in [-0.2, 0) is 14.3 Å². The molecule has 2 aromatic heterocycles. The molecule has 29 heavy (non-hydrogen) atoms. The Hall–Kier alpha value is -3.04. The van der Waals surface area contributed by atoms with Gasteiger partial charge in [-0.15, -0.1) is 11.3 Å². The van der Waals surface area contributed by atoms with Crippen molar-refractivity contribution in [2.75, 3.05) is 31.6 Å². The molecular weight excluding hydrogens is 394 g/mol. The standard InChI is InChI=1S/C20H19N3O5S/c24-17(5-6-18(25)23-7-9-27-10-8-23)22-20-21-15(12-29-20)14-11-13-3-1-2-4-16(13)28-19(14)26/h1-4,11-12H,5-10H2,(H,21,22,24). The minimum absolute atomic E-state index is 0.0583. The molecule has 1 fully saturated rings. The van der Waals surface area contributed by atoms with Crippen LogP contribution in [0, 0.1) is 0 Å². The zero-order chi connectivity index (χ0) is 20.2. The Labute approximate surface area is 170 Å². The lowest BCUT2D eigenvalue weighted by Crippen LogP contribution is -2.40. The number of para-hydroxylation sites is 1. The zero-order valence-corrected chi connectivity index (χ0v) is 16.4. The van der Waals surface area contributed by atoms with Gasteiger partial charge < -0.3 is 19.4 Å². The topological polar surface area (TPSA) is 102 Å². The van der Waals surface area contributed by atoms with Crippen LogP contribution in [0.4, 0.5) is 5.13 Å². The molecule has 150 valence electrons. The fraction of sp³-hybridized carbons (Fsp3) is 0.300. The van der Waals surface area contributed by atoms with Crippen molar-refractivity contribution >= 4 is 39.3 Å². The molecule has 0 radical (unpaired) electrons. The van der Waals surface area contributed by atoms with Crippen LogP contribution in [-0.4, -0.2) is 48.0 Å². The van der Waals surface area contributed by atoms with Gasteiger partial charge in [-0.25, -0.2) is 9.78 Å². The number of hydrogen-bond donors (Lipinski definition) is 1. The molecule has 1 aromatic carbocycles. The number of fused-ring (bicyclic) bond motifs is 1. The lowest BCUT2D eigenvalue weighted by atomic mass is 10.1. The molecule has 1 aliphatic rings. The minimum atomic E-state index is -0.483. The highest BCUT2D eigenvalue weighted by Gasteiger charge is 2.18. The Bertz CT molecular complexity index is 1100. The SMILES string of the molecule is O=C(CCC(=O)N1CCOCC1)Nc1nc(-c2cc3ccccc3oc2=O)cs1. The van der Waals surface area contributed by atoms with Gasteiger partial charge in [0.05, 0.1) is 24.5 Å². The van der Waals surface area contributed by atoms with Crippen molar-refractivity contribution in [1.82, 2.24) is 9.88 Å². The van der Waals surface area contributed by atoms with Gasteiger partial charge in [0.25, 0.3) is 0 Å². The van der Waals surface area contributed by atoms with E-state index >= 15 is 0 Å². The highest BCUT2D eigenvalue weighted by Crippen LogP contribution is 2.25. The summed E-state index contributed by atoms with van der Waals surface area (Å²) in [6.07, 6.45) is 0.210. The largest absolute Gasteiger partial charge is 0.422 e. The number of anilines is 1. The third-order valence-corrected chi connectivity index (χ3v) is 5.36. The van der Waals surface area contributed by atoms with Gasteiger partial charge in [-0.3, -0.25) is 9.59 Å². The Balaban J connectivity index is 1.39. The van der Waals surface area contributed by atoms with Crippen LogP contribution in [0.2, 0.25) is 0 Å². The van der Waals surface area contributed by atoms with Crippen molar-refractivity contribution in [1.29, 1.82) is 0 Å². The number of rotatable bonds is 5. The normalized spacial score (nSPS) is 14.1. The summed E-state index contributed by atoms with van der Waals surface area (Å²) in [6, 6.07) is 8.96. The van der Waals surface area contributed by atoms with Crippen LogP contribution in [0.15, 0.2) is 44.9 Å². The fourth-order valence-electron chi connectivity index (χ4n) is 3.07. The number of ether oxygens (including phenoxy) is 1. The number of morpholine rings is 1. The van der Waals surface area contributed by atoms with Gasteiger partial charge in [0.2, 0.25) is 11.8 Å². The molecule has 0 bridgehead atoms.